The molecule has 138 valence electrons. The van der Waals surface area contributed by atoms with Crippen LogP contribution in [-0.2, 0) is 17.9 Å². The number of amides is 1. The second-order valence-electron chi connectivity index (χ2n) is 5.93. The highest BCUT2D eigenvalue weighted by Crippen LogP contribution is 2.41. The molecule has 0 aliphatic carbocycles. The standard InChI is InChI=1S/C17H15Cl2N7O/c1-2-25-7-11(18)12(24-25)8-26-15-13(14(19)22-17(20)23-15)10(16(26)27)6-9-4-3-5-21-9/h3-7,21H,2,8H2,1H3,(H2,20,22,23)/b10-6+. The molecular weight excluding hydrogens is 389 g/mol. The predicted molar refractivity (Wildman–Crippen MR) is 104 cm³/mol. The van der Waals surface area contributed by atoms with E-state index in [-0.39, 0.29) is 23.6 Å². The molecule has 0 aromatic carbocycles. The van der Waals surface area contributed by atoms with Crippen molar-refractivity contribution in [2.75, 3.05) is 10.6 Å². The molecule has 0 saturated carbocycles. The summed E-state index contributed by atoms with van der Waals surface area (Å²) in [6.07, 6.45) is 5.19. The van der Waals surface area contributed by atoms with E-state index in [2.05, 4.69) is 20.1 Å². The van der Waals surface area contributed by atoms with Gasteiger partial charge in [-0.25, -0.2) is 4.98 Å². The van der Waals surface area contributed by atoms with Gasteiger partial charge in [-0.2, -0.15) is 10.1 Å². The van der Waals surface area contributed by atoms with Crippen molar-refractivity contribution in [3.05, 3.63) is 51.7 Å². The van der Waals surface area contributed by atoms with E-state index in [1.54, 1.807) is 23.2 Å². The van der Waals surface area contributed by atoms with E-state index < -0.39 is 0 Å². The predicted octanol–water partition coefficient (Wildman–Crippen LogP) is 3.00. The van der Waals surface area contributed by atoms with Crippen LogP contribution in [0.3, 0.4) is 0 Å². The number of hydrogen-bond donors (Lipinski definition) is 2. The van der Waals surface area contributed by atoms with Crippen molar-refractivity contribution in [1.82, 2.24) is 24.7 Å². The molecule has 0 saturated heterocycles. The van der Waals surface area contributed by atoms with Crippen LogP contribution in [0.4, 0.5) is 11.8 Å². The van der Waals surface area contributed by atoms with Crippen molar-refractivity contribution in [2.24, 2.45) is 0 Å². The van der Waals surface area contributed by atoms with Crippen molar-refractivity contribution in [3.63, 3.8) is 0 Å². The summed E-state index contributed by atoms with van der Waals surface area (Å²) < 4.78 is 1.70. The van der Waals surface area contributed by atoms with E-state index in [9.17, 15) is 4.79 Å². The molecule has 4 rings (SSSR count). The van der Waals surface area contributed by atoms with E-state index in [1.165, 1.54) is 4.90 Å². The Morgan fingerprint density at radius 1 is 1.33 bits per heavy atom. The first-order valence-electron chi connectivity index (χ1n) is 8.20. The Morgan fingerprint density at radius 2 is 2.15 bits per heavy atom. The summed E-state index contributed by atoms with van der Waals surface area (Å²) in [5.41, 5.74) is 7.89. The molecule has 0 fully saturated rings. The average Bonchev–Trinajstić information content (AvgIpc) is 3.31. The number of aromatic amines is 1. The van der Waals surface area contributed by atoms with Crippen molar-refractivity contribution in [2.45, 2.75) is 20.0 Å². The smallest absolute Gasteiger partial charge is 0.260 e. The second-order valence-corrected chi connectivity index (χ2v) is 6.69. The monoisotopic (exact) mass is 403 g/mol. The molecule has 10 heteroatoms. The topological polar surface area (TPSA) is 106 Å². The number of rotatable bonds is 4. The van der Waals surface area contributed by atoms with Gasteiger partial charge in [-0.15, -0.1) is 0 Å². The quantitative estimate of drug-likeness (QED) is 0.514. The number of carbonyl (C=O) groups excluding carboxylic acids is 1. The number of aromatic nitrogens is 5. The molecule has 4 heterocycles. The van der Waals surface area contributed by atoms with Gasteiger partial charge in [-0.1, -0.05) is 23.2 Å². The molecule has 8 nitrogen and oxygen atoms in total. The number of aryl methyl sites for hydroxylation is 1. The van der Waals surface area contributed by atoms with Crippen LogP contribution in [0.25, 0.3) is 11.6 Å². The number of nitrogens with zero attached hydrogens (tertiary/aromatic N) is 5. The Kier molecular flexibility index (Phi) is 4.37. The summed E-state index contributed by atoms with van der Waals surface area (Å²) in [7, 11) is 0. The normalized spacial score (nSPS) is 15.0. The maximum Gasteiger partial charge on any atom is 0.260 e. The van der Waals surface area contributed by atoms with Crippen LogP contribution < -0.4 is 10.6 Å². The van der Waals surface area contributed by atoms with E-state index in [0.29, 0.717) is 34.2 Å². The molecule has 0 radical (unpaired) electrons. The van der Waals surface area contributed by atoms with Gasteiger partial charge in [0.15, 0.2) is 5.82 Å². The minimum absolute atomic E-state index is 0.0112. The van der Waals surface area contributed by atoms with Gasteiger partial charge in [0, 0.05) is 24.6 Å². The van der Waals surface area contributed by atoms with Crippen LogP contribution in [0.15, 0.2) is 24.5 Å². The van der Waals surface area contributed by atoms with Crippen LogP contribution in [0.2, 0.25) is 10.2 Å². The Bertz CT molecular complexity index is 1060. The Balaban J connectivity index is 1.82. The molecule has 3 aromatic heterocycles. The largest absolute Gasteiger partial charge is 0.368 e. The van der Waals surface area contributed by atoms with E-state index >= 15 is 0 Å². The van der Waals surface area contributed by atoms with Crippen LogP contribution in [-0.4, -0.2) is 30.6 Å². The van der Waals surface area contributed by atoms with Gasteiger partial charge in [0.05, 0.1) is 22.7 Å². The number of anilines is 2. The zero-order chi connectivity index (χ0) is 19.1. The minimum Gasteiger partial charge on any atom is -0.368 e. The molecule has 0 bridgehead atoms. The number of carbonyl (C=O) groups is 1. The Labute approximate surface area is 164 Å². The third-order valence-corrected chi connectivity index (χ3v) is 4.79. The molecule has 27 heavy (non-hydrogen) atoms. The maximum absolute atomic E-state index is 13.1. The van der Waals surface area contributed by atoms with E-state index in [0.717, 1.165) is 5.69 Å². The SMILES string of the molecule is CCn1cc(Cl)c(CN2C(=O)/C(=C/c3ccc[nH]3)c3c(Cl)nc(N)nc32)n1. The molecular formula is C17H15Cl2N7O. The molecule has 3 N–H and O–H groups in total. The third kappa shape index (κ3) is 3.07. The summed E-state index contributed by atoms with van der Waals surface area (Å²) in [6.45, 7) is 2.77. The van der Waals surface area contributed by atoms with Gasteiger partial charge < -0.3 is 10.7 Å². The first kappa shape index (κ1) is 17.6. The molecule has 1 aliphatic heterocycles. The lowest BCUT2D eigenvalue weighted by atomic mass is 10.1. The average molecular weight is 404 g/mol. The number of nitrogens with two attached hydrogens (primary N) is 1. The van der Waals surface area contributed by atoms with Crippen molar-refractivity contribution in [1.29, 1.82) is 0 Å². The lowest BCUT2D eigenvalue weighted by molar-refractivity contribution is -0.113. The molecule has 0 atom stereocenters. The number of halogens is 2. The number of nitrogen functional groups attached to an aromatic ring is 1. The molecule has 0 spiro atoms. The van der Waals surface area contributed by atoms with Crippen molar-refractivity contribution in [3.8, 4) is 0 Å². The minimum atomic E-state index is -0.275. The fourth-order valence-electron chi connectivity index (χ4n) is 2.94. The molecule has 1 amide bonds. The van der Waals surface area contributed by atoms with Gasteiger partial charge >= 0.3 is 0 Å². The number of hydrogen-bond acceptors (Lipinski definition) is 5. The zero-order valence-electron chi connectivity index (χ0n) is 14.3. The summed E-state index contributed by atoms with van der Waals surface area (Å²) >= 11 is 12.6. The highest BCUT2D eigenvalue weighted by atomic mass is 35.5. The lowest BCUT2D eigenvalue weighted by Crippen LogP contribution is -2.27. The van der Waals surface area contributed by atoms with Crippen molar-refractivity contribution < 1.29 is 4.79 Å². The highest BCUT2D eigenvalue weighted by molar-refractivity contribution is 6.41. The highest BCUT2D eigenvalue weighted by Gasteiger charge is 2.37. The van der Waals surface area contributed by atoms with Gasteiger partial charge in [0.25, 0.3) is 5.91 Å². The number of H-pyrrole nitrogens is 1. The maximum atomic E-state index is 13.1. The van der Waals surface area contributed by atoms with Crippen molar-refractivity contribution >= 4 is 52.5 Å². The lowest BCUT2D eigenvalue weighted by Gasteiger charge is -2.15. The Hall–Kier alpha value is -2.84. The summed E-state index contributed by atoms with van der Waals surface area (Å²) in [5, 5.41) is 5.00. The molecule has 3 aromatic rings. The van der Waals surface area contributed by atoms with E-state index in [1.807, 2.05) is 19.1 Å². The van der Waals surface area contributed by atoms with Gasteiger partial charge in [0.1, 0.15) is 10.8 Å². The second kappa shape index (κ2) is 6.71. The molecule has 0 unspecified atom stereocenters. The summed E-state index contributed by atoms with van der Waals surface area (Å²) in [6, 6.07) is 3.68. The summed E-state index contributed by atoms with van der Waals surface area (Å²) in [4.78, 5) is 25.9. The first-order chi connectivity index (χ1) is 13.0. The van der Waals surface area contributed by atoms with Crippen LogP contribution in [0, 0.1) is 0 Å². The van der Waals surface area contributed by atoms with Crippen LogP contribution in [0.1, 0.15) is 23.9 Å². The van der Waals surface area contributed by atoms with Gasteiger partial charge in [-0.05, 0) is 25.1 Å². The van der Waals surface area contributed by atoms with Gasteiger partial charge in [0.2, 0.25) is 5.95 Å². The van der Waals surface area contributed by atoms with E-state index in [4.69, 9.17) is 28.9 Å². The first-order valence-corrected chi connectivity index (χ1v) is 8.95. The number of nitrogens with one attached hydrogen (secondary N) is 1. The molecule has 1 aliphatic rings. The zero-order valence-corrected chi connectivity index (χ0v) is 15.8. The summed E-state index contributed by atoms with van der Waals surface area (Å²) in [5.74, 6) is 0.0591. The van der Waals surface area contributed by atoms with Crippen LogP contribution in [0.5, 0.6) is 0 Å². The fraction of sp³-hybridized carbons (Fsp3) is 0.176. The fourth-order valence-corrected chi connectivity index (χ4v) is 3.42. The van der Waals surface area contributed by atoms with Crippen LogP contribution >= 0.6 is 23.2 Å². The Morgan fingerprint density at radius 3 is 2.81 bits per heavy atom. The number of fused-ring (bicyclic) bond motifs is 1. The third-order valence-electron chi connectivity index (χ3n) is 4.20. The van der Waals surface area contributed by atoms with Gasteiger partial charge in [-0.3, -0.25) is 14.4 Å².